The number of fused-ring (bicyclic) bond motifs is 3. The first kappa shape index (κ1) is 15.2. The fourth-order valence-corrected chi connectivity index (χ4v) is 4.11. The molecule has 24 heavy (non-hydrogen) atoms. The van der Waals surface area contributed by atoms with E-state index < -0.39 is 0 Å². The fraction of sp³-hybridized carbons (Fsp3) is 0.263. The average Bonchev–Trinajstić information content (AvgIpc) is 3.04. The van der Waals surface area contributed by atoms with E-state index in [0.717, 1.165) is 17.5 Å². The van der Waals surface area contributed by atoms with Crippen LogP contribution < -0.4 is 5.32 Å². The smallest absolute Gasteiger partial charge is 0.294 e. The summed E-state index contributed by atoms with van der Waals surface area (Å²) in [6, 6.07) is 11.7. The van der Waals surface area contributed by atoms with E-state index in [9.17, 15) is 10.1 Å². The molecule has 1 unspecified atom stereocenters. The molecule has 0 spiro atoms. The Labute approximate surface area is 145 Å². The Morgan fingerprint density at radius 2 is 2.00 bits per heavy atom. The van der Waals surface area contributed by atoms with Crippen LogP contribution in [-0.2, 0) is 0 Å². The predicted molar refractivity (Wildman–Crippen MR) is 95.6 cm³/mol. The first-order valence-corrected chi connectivity index (χ1v) is 8.40. The number of allylic oxidation sites excluding steroid dienone is 2. The van der Waals surface area contributed by atoms with Crippen molar-refractivity contribution < 1.29 is 4.92 Å². The van der Waals surface area contributed by atoms with Crippen molar-refractivity contribution in [1.82, 2.24) is 0 Å². The second-order valence-corrected chi connectivity index (χ2v) is 6.97. The van der Waals surface area contributed by atoms with Gasteiger partial charge < -0.3 is 5.32 Å². The van der Waals surface area contributed by atoms with Gasteiger partial charge in [0, 0.05) is 17.0 Å². The molecule has 0 saturated heterocycles. The van der Waals surface area contributed by atoms with Crippen molar-refractivity contribution in [3.05, 3.63) is 80.4 Å². The lowest BCUT2D eigenvalue weighted by Gasteiger charge is -2.37. The number of hydrogen-bond donors (Lipinski definition) is 1. The van der Waals surface area contributed by atoms with Crippen LogP contribution in [0.5, 0.6) is 0 Å². The number of aryl methyl sites for hydroxylation is 1. The van der Waals surface area contributed by atoms with Crippen molar-refractivity contribution in [2.45, 2.75) is 25.3 Å². The lowest BCUT2D eigenvalue weighted by atomic mass is 9.76. The number of rotatable bonds is 2. The standard InChI is InChI=1S/C19H17ClN2O2/c1-11-5-7-12(8-6-11)18-15-4-2-3-14(15)16-9-13(20)10-17(22(23)24)19(16)21-18/h2-3,5-10,14-15,18,21H,4H2,1H3/t14-,15+,18?/m1/s1. The van der Waals surface area contributed by atoms with Crippen LogP contribution in [0.2, 0.25) is 5.02 Å². The minimum Gasteiger partial charge on any atom is -0.372 e. The number of nitro groups is 1. The summed E-state index contributed by atoms with van der Waals surface area (Å²) in [5, 5.41) is 15.3. The maximum absolute atomic E-state index is 11.5. The lowest BCUT2D eigenvalue weighted by Crippen LogP contribution is -2.29. The van der Waals surface area contributed by atoms with Crippen molar-refractivity contribution in [1.29, 1.82) is 0 Å². The van der Waals surface area contributed by atoms with E-state index in [4.69, 9.17) is 11.6 Å². The molecular weight excluding hydrogens is 324 g/mol. The molecule has 1 N–H and O–H groups in total. The van der Waals surface area contributed by atoms with E-state index in [1.165, 1.54) is 11.6 Å². The highest BCUT2D eigenvalue weighted by atomic mass is 35.5. The Bertz CT molecular complexity index is 845. The third kappa shape index (κ3) is 2.38. The topological polar surface area (TPSA) is 55.2 Å². The number of anilines is 1. The Morgan fingerprint density at radius 3 is 2.71 bits per heavy atom. The second kappa shape index (κ2) is 5.64. The zero-order valence-electron chi connectivity index (χ0n) is 13.2. The molecule has 0 radical (unpaired) electrons. The van der Waals surface area contributed by atoms with Crippen LogP contribution >= 0.6 is 11.6 Å². The molecule has 1 aliphatic heterocycles. The molecule has 1 aliphatic carbocycles. The van der Waals surface area contributed by atoms with E-state index in [1.54, 1.807) is 0 Å². The summed E-state index contributed by atoms with van der Waals surface area (Å²) < 4.78 is 0. The van der Waals surface area contributed by atoms with Gasteiger partial charge in [0.1, 0.15) is 5.69 Å². The zero-order valence-corrected chi connectivity index (χ0v) is 14.0. The van der Waals surface area contributed by atoms with Gasteiger partial charge in [0.05, 0.1) is 11.0 Å². The number of nitrogens with zero attached hydrogens (tertiary/aromatic N) is 1. The van der Waals surface area contributed by atoms with Crippen LogP contribution in [0.4, 0.5) is 11.4 Å². The van der Waals surface area contributed by atoms with Crippen LogP contribution in [0.25, 0.3) is 0 Å². The minimum absolute atomic E-state index is 0.0494. The highest BCUT2D eigenvalue weighted by Crippen LogP contribution is 2.52. The van der Waals surface area contributed by atoms with Gasteiger partial charge in [-0.25, -0.2) is 0 Å². The highest BCUT2D eigenvalue weighted by Gasteiger charge is 2.40. The van der Waals surface area contributed by atoms with E-state index >= 15 is 0 Å². The largest absolute Gasteiger partial charge is 0.372 e. The Balaban J connectivity index is 1.86. The van der Waals surface area contributed by atoms with Gasteiger partial charge in [0.2, 0.25) is 0 Å². The van der Waals surface area contributed by atoms with Crippen LogP contribution in [0.15, 0.2) is 48.6 Å². The van der Waals surface area contributed by atoms with Gasteiger partial charge >= 0.3 is 0 Å². The summed E-state index contributed by atoms with van der Waals surface area (Å²) in [5.74, 6) is 0.503. The number of benzene rings is 2. The van der Waals surface area contributed by atoms with Crippen molar-refractivity contribution in [2.75, 3.05) is 5.32 Å². The van der Waals surface area contributed by atoms with Gasteiger partial charge in [-0.2, -0.15) is 0 Å². The van der Waals surface area contributed by atoms with Crippen LogP contribution in [0.1, 0.15) is 35.1 Å². The zero-order chi connectivity index (χ0) is 16.8. The molecule has 2 aromatic carbocycles. The molecule has 0 aromatic heterocycles. The SMILES string of the molecule is Cc1ccc(C2Nc3c(cc(Cl)cc3[N+](=O)[O-])[C@@H]3C=CC[C@H]23)cc1. The predicted octanol–water partition coefficient (Wildman–Crippen LogP) is 5.38. The van der Waals surface area contributed by atoms with Gasteiger partial charge in [-0.05, 0) is 36.5 Å². The van der Waals surface area contributed by atoms with E-state index in [0.29, 0.717) is 16.6 Å². The van der Waals surface area contributed by atoms with Crippen molar-refractivity contribution in [3.8, 4) is 0 Å². The lowest BCUT2D eigenvalue weighted by molar-refractivity contribution is -0.384. The van der Waals surface area contributed by atoms with Crippen LogP contribution in [0, 0.1) is 23.0 Å². The third-order valence-electron chi connectivity index (χ3n) is 5.05. The summed E-state index contributed by atoms with van der Waals surface area (Å²) in [5.41, 5.74) is 3.94. The minimum atomic E-state index is -0.358. The van der Waals surface area contributed by atoms with Gasteiger partial charge in [-0.15, -0.1) is 0 Å². The summed E-state index contributed by atoms with van der Waals surface area (Å²) in [6.07, 6.45) is 5.28. The normalized spacial score (nSPS) is 24.2. The van der Waals surface area contributed by atoms with E-state index in [-0.39, 0.29) is 22.6 Å². The Morgan fingerprint density at radius 1 is 1.25 bits per heavy atom. The molecule has 5 heteroatoms. The van der Waals surface area contributed by atoms with E-state index in [1.807, 2.05) is 6.07 Å². The number of halogens is 1. The molecule has 0 bridgehead atoms. The quantitative estimate of drug-likeness (QED) is 0.453. The van der Waals surface area contributed by atoms with Gasteiger partial charge in [0.15, 0.2) is 0 Å². The highest BCUT2D eigenvalue weighted by molar-refractivity contribution is 6.31. The number of hydrogen-bond acceptors (Lipinski definition) is 3. The Kier molecular flexibility index (Phi) is 3.57. The van der Waals surface area contributed by atoms with Crippen molar-refractivity contribution >= 4 is 23.0 Å². The average molecular weight is 341 g/mol. The number of nitro benzene ring substituents is 1. The molecule has 0 amide bonds. The van der Waals surface area contributed by atoms with Crippen molar-refractivity contribution in [2.24, 2.45) is 5.92 Å². The van der Waals surface area contributed by atoms with Gasteiger partial charge in [-0.1, -0.05) is 53.6 Å². The van der Waals surface area contributed by atoms with E-state index in [2.05, 4.69) is 48.7 Å². The monoisotopic (exact) mass is 340 g/mol. The molecule has 2 aliphatic rings. The first-order valence-electron chi connectivity index (χ1n) is 8.02. The summed E-state index contributed by atoms with van der Waals surface area (Å²) in [7, 11) is 0. The van der Waals surface area contributed by atoms with Crippen LogP contribution in [0.3, 0.4) is 0 Å². The van der Waals surface area contributed by atoms with Crippen molar-refractivity contribution in [3.63, 3.8) is 0 Å². The molecule has 2 aromatic rings. The molecule has 122 valence electrons. The molecule has 3 atom stereocenters. The summed E-state index contributed by atoms with van der Waals surface area (Å²) in [4.78, 5) is 11.1. The molecular formula is C19H17ClN2O2. The summed E-state index contributed by atoms with van der Waals surface area (Å²) in [6.45, 7) is 2.06. The van der Waals surface area contributed by atoms with Gasteiger partial charge in [0.25, 0.3) is 5.69 Å². The fourth-order valence-electron chi connectivity index (χ4n) is 3.89. The Hall–Kier alpha value is -2.33. The second-order valence-electron chi connectivity index (χ2n) is 6.53. The first-order chi connectivity index (χ1) is 11.5. The summed E-state index contributed by atoms with van der Waals surface area (Å²) >= 11 is 6.13. The van der Waals surface area contributed by atoms with Gasteiger partial charge in [-0.3, -0.25) is 10.1 Å². The molecule has 1 heterocycles. The maximum Gasteiger partial charge on any atom is 0.294 e. The number of nitrogens with one attached hydrogen (secondary N) is 1. The molecule has 4 nitrogen and oxygen atoms in total. The molecule has 4 rings (SSSR count). The third-order valence-corrected chi connectivity index (χ3v) is 5.26. The maximum atomic E-state index is 11.5. The molecule has 0 fully saturated rings. The molecule has 0 saturated carbocycles. The van der Waals surface area contributed by atoms with Crippen LogP contribution in [-0.4, -0.2) is 4.92 Å².